The van der Waals surface area contributed by atoms with Gasteiger partial charge in [-0.15, -0.1) is 6.54 Å². The third-order valence-electron chi connectivity index (χ3n) is 10.8. The maximum absolute atomic E-state index is 7.08. The SMILES string of the molecule is CC1=C(/C=C/C(C)=C/C=C/C(C)=C/c2cc(/C=C/C=C(C)/C=C/C3=C(C)CCCC3(C)C)cc[n+]2CCOCCOCCOCCOCC[NH-])C(C)(C)CCC1. The first kappa shape index (κ1) is 47.0. The van der Waals surface area contributed by atoms with E-state index in [0.717, 1.165) is 17.8 Å². The molecule has 0 aromatic carbocycles. The Bertz CT molecular complexity index is 1660. The smallest absolute Gasteiger partial charge is 0.206 e. The van der Waals surface area contributed by atoms with Crippen LogP contribution in [-0.4, -0.2) is 59.4 Å². The van der Waals surface area contributed by atoms with Crippen molar-refractivity contribution in [3.63, 3.8) is 0 Å². The summed E-state index contributed by atoms with van der Waals surface area (Å²) in [5.41, 5.74) is 19.6. The van der Waals surface area contributed by atoms with Crippen LogP contribution in [0.15, 0.2) is 112 Å². The van der Waals surface area contributed by atoms with Gasteiger partial charge < -0.3 is 24.7 Å². The molecule has 2 aliphatic rings. The van der Waals surface area contributed by atoms with Crippen LogP contribution in [0.2, 0.25) is 0 Å². The topological polar surface area (TPSA) is 64.6 Å². The first-order valence-electron chi connectivity index (χ1n) is 21.0. The molecule has 1 aromatic heterocycles. The van der Waals surface area contributed by atoms with Crippen molar-refractivity contribution in [2.45, 2.75) is 107 Å². The van der Waals surface area contributed by atoms with Crippen molar-refractivity contribution < 1.29 is 23.5 Å². The molecule has 0 spiro atoms. The number of hydrogen-bond acceptors (Lipinski definition) is 4. The summed E-state index contributed by atoms with van der Waals surface area (Å²) in [6, 6.07) is 4.42. The molecule has 0 atom stereocenters. The number of nitrogens with one attached hydrogen (secondary N) is 1. The van der Waals surface area contributed by atoms with Crippen LogP contribution in [0.1, 0.15) is 112 Å². The molecule has 308 valence electrons. The number of ether oxygens (including phenoxy) is 4. The molecule has 3 rings (SSSR count). The van der Waals surface area contributed by atoms with Crippen molar-refractivity contribution in [3.8, 4) is 0 Å². The van der Waals surface area contributed by atoms with Gasteiger partial charge in [0.15, 0.2) is 12.7 Å². The summed E-state index contributed by atoms with van der Waals surface area (Å²) in [7, 11) is 0. The van der Waals surface area contributed by atoms with Gasteiger partial charge in [0.2, 0.25) is 5.69 Å². The summed E-state index contributed by atoms with van der Waals surface area (Å²) in [5.74, 6) is 0. The third-order valence-corrected chi connectivity index (χ3v) is 10.8. The second kappa shape index (κ2) is 25.1. The van der Waals surface area contributed by atoms with Gasteiger partial charge in [0.25, 0.3) is 0 Å². The Hall–Kier alpha value is -3.39. The molecule has 0 fully saturated rings. The molecule has 1 heterocycles. The van der Waals surface area contributed by atoms with Gasteiger partial charge in [-0.1, -0.05) is 111 Å². The largest absolute Gasteiger partial charge is 0.676 e. The van der Waals surface area contributed by atoms with Crippen LogP contribution < -0.4 is 4.57 Å². The van der Waals surface area contributed by atoms with E-state index in [2.05, 4.69) is 152 Å². The molecule has 1 aromatic rings. The van der Waals surface area contributed by atoms with E-state index in [9.17, 15) is 0 Å². The zero-order chi connectivity index (χ0) is 40.8. The van der Waals surface area contributed by atoms with Crippen LogP contribution in [0.3, 0.4) is 0 Å². The summed E-state index contributed by atoms with van der Waals surface area (Å²) in [6.07, 6.45) is 34.2. The maximum atomic E-state index is 7.08. The van der Waals surface area contributed by atoms with Gasteiger partial charge in [-0.3, -0.25) is 0 Å². The third kappa shape index (κ3) is 17.4. The lowest BCUT2D eigenvalue weighted by Gasteiger charge is -2.33. The molecule has 0 unspecified atom stereocenters. The van der Waals surface area contributed by atoms with Crippen LogP contribution in [0.4, 0.5) is 0 Å². The van der Waals surface area contributed by atoms with Crippen molar-refractivity contribution in [1.29, 1.82) is 0 Å². The van der Waals surface area contributed by atoms with Gasteiger partial charge in [0.1, 0.15) is 6.61 Å². The van der Waals surface area contributed by atoms with E-state index in [0.29, 0.717) is 52.9 Å². The zero-order valence-corrected chi connectivity index (χ0v) is 36.5. The van der Waals surface area contributed by atoms with Crippen molar-refractivity contribution in [3.05, 3.63) is 129 Å². The first-order valence-corrected chi connectivity index (χ1v) is 21.0. The van der Waals surface area contributed by atoms with Crippen molar-refractivity contribution >= 4 is 12.2 Å². The number of aromatic nitrogens is 1. The van der Waals surface area contributed by atoms with Crippen LogP contribution in [0.5, 0.6) is 0 Å². The molecule has 0 amide bonds. The summed E-state index contributed by atoms with van der Waals surface area (Å²) < 4.78 is 24.6. The zero-order valence-electron chi connectivity index (χ0n) is 36.5. The molecule has 6 heteroatoms. The molecule has 0 aliphatic heterocycles. The van der Waals surface area contributed by atoms with E-state index >= 15 is 0 Å². The molecule has 0 bridgehead atoms. The van der Waals surface area contributed by atoms with E-state index < -0.39 is 0 Å². The predicted octanol–water partition coefficient (Wildman–Crippen LogP) is 12.1. The highest BCUT2D eigenvalue weighted by atomic mass is 16.6. The standard InChI is InChI=1S/C50H74N2O4/c1-40(20-22-47-43(4)17-12-25-49(47,6)7)14-10-16-42(3)38-46-39-45(19-11-15-41(2)21-23-48-44(5)18-13-26-50(48,8)9)24-28-52(46)29-31-54-33-35-56-37-36-55-34-32-53-30-27-51/h10-11,14-16,19-24,28,38-39,51H,12-13,17-18,25-27,29-37H2,1-9H3/b16-10+,19-11+,22-20+,23-21+,40-14+,41-15+,42-38+. The Morgan fingerprint density at radius 3 is 1.68 bits per heavy atom. The normalized spacial score (nSPS) is 18.6. The van der Waals surface area contributed by atoms with Crippen LogP contribution in [0, 0.1) is 10.8 Å². The molecule has 0 radical (unpaired) electrons. The fourth-order valence-electron chi connectivity index (χ4n) is 7.50. The summed E-state index contributed by atoms with van der Waals surface area (Å²) >= 11 is 0. The Morgan fingerprint density at radius 2 is 1.16 bits per heavy atom. The minimum Gasteiger partial charge on any atom is -0.676 e. The minimum atomic E-state index is 0.245. The van der Waals surface area contributed by atoms with Gasteiger partial charge in [0.05, 0.1) is 39.6 Å². The highest BCUT2D eigenvalue weighted by Crippen LogP contribution is 2.41. The lowest BCUT2D eigenvalue weighted by Crippen LogP contribution is -2.39. The lowest BCUT2D eigenvalue weighted by atomic mass is 9.72. The Labute approximate surface area is 341 Å². The van der Waals surface area contributed by atoms with Crippen LogP contribution >= 0.6 is 0 Å². The van der Waals surface area contributed by atoms with Crippen molar-refractivity contribution in [2.24, 2.45) is 10.8 Å². The monoisotopic (exact) mass is 767 g/mol. The number of nitrogens with zero attached hydrogens (tertiary/aromatic N) is 1. The van der Waals surface area contributed by atoms with E-state index in [-0.39, 0.29) is 17.4 Å². The molecule has 1 N–H and O–H groups in total. The van der Waals surface area contributed by atoms with E-state index in [4.69, 9.17) is 24.7 Å². The molecule has 2 aliphatic carbocycles. The predicted molar refractivity (Wildman–Crippen MR) is 237 cm³/mol. The highest BCUT2D eigenvalue weighted by molar-refractivity contribution is 5.57. The Kier molecular flexibility index (Phi) is 21.0. The van der Waals surface area contributed by atoms with Gasteiger partial charge in [-0.05, 0) is 106 Å². The molecule has 6 nitrogen and oxygen atoms in total. The van der Waals surface area contributed by atoms with Gasteiger partial charge in [-0.25, -0.2) is 0 Å². The fourth-order valence-corrected chi connectivity index (χ4v) is 7.50. The average molecular weight is 767 g/mol. The first-order chi connectivity index (χ1) is 26.8. The fraction of sp³-hybridized carbons (Fsp3) is 0.540. The van der Waals surface area contributed by atoms with Crippen molar-refractivity contribution in [2.75, 3.05) is 59.4 Å². The number of hydrogen-bond donors (Lipinski definition) is 0. The van der Waals surface area contributed by atoms with Gasteiger partial charge >= 0.3 is 0 Å². The van der Waals surface area contributed by atoms with E-state index in [1.54, 1.807) is 0 Å². The van der Waals surface area contributed by atoms with Crippen molar-refractivity contribution in [1.82, 2.24) is 0 Å². The molecular weight excluding hydrogens is 693 g/mol. The van der Waals surface area contributed by atoms with Gasteiger partial charge in [0, 0.05) is 24.8 Å². The molecule has 56 heavy (non-hydrogen) atoms. The Balaban J connectivity index is 1.66. The lowest BCUT2D eigenvalue weighted by molar-refractivity contribution is -0.700. The minimum absolute atomic E-state index is 0.245. The molecule has 0 saturated carbocycles. The van der Waals surface area contributed by atoms with E-state index in [1.165, 1.54) is 77.5 Å². The highest BCUT2D eigenvalue weighted by Gasteiger charge is 2.27. The number of pyridine rings is 1. The summed E-state index contributed by atoms with van der Waals surface area (Å²) in [4.78, 5) is 0. The Morgan fingerprint density at radius 1 is 0.661 bits per heavy atom. The van der Waals surface area contributed by atoms with Gasteiger partial charge in [-0.2, -0.15) is 4.57 Å². The second-order valence-electron chi connectivity index (χ2n) is 16.7. The average Bonchev–Trinajstić information content (AvgIpc) is 3.13. The quantitative estimate of drug-likeness (QED) is 0.0632. The van der Waals surface area contributed by atoms with Crippen LogP contribution in [-0.2, 0) is 25.5 Å². The van der Waals surface area contributed by atoms with Crippen LogP contribution in [0.25, 0.3) is 17.9 Å². The molecular formula is C50H74N2O4. The van der Waals surface area contributed by atoms with E-state index in [1.807, 2.05) is 0 Å². The summed E-state index contributed by atoms with van der Waals surface area (Å²) in [5, 5.41) is 0. The maximum Gasteiger partial charge on any atom is 0.206 e. The second-order valence-corrected chi connectivity index (χ2v) is 16.7. The number of rotatable bonds is 23. The number of allylic oxidation sites excluding steroid dienone is 16. The molecule has 0 saturated heterocycles. The summed E-state index contributed by atoms with van der Waals surface area (Å²) in [6.45, 7) is 25.8.